The Morgan fingerprint density at radius 1 is 1.28 bits per heavy atom. The van der Waals surface area contributed by atoms with Gasteiger partial charge in [-0.1, -0.05) is 44.2 Å². The third-order valence-corrected chi connectivity index (χ3v) is 4.53. The molecule has 1 aromatic carbocycles. The van der Waals surface area contributed by atoms with Crippen LogP contribution < -0.4 is 5.32 Å². The summed E-state index contributed by atoms with van der Waals surface area (Å²) in [7, 11) is 1.42. The van der Waals surface area contributed by atoms with E-state index in [0.717, 1.165) is 5.56 Å². The molecule has 0 unspecified atom stereocenters. The van der Waals surface area contributed by atoms with Crippen molar-refractivity contribution in [2.75, 3.05) is 13.7 Å². The van der Waals surface area contributed by atoms with Gasteiger partial charge in [-0.25, -0.2) is 0 Å². The minimum absolute atomic E-state index is 0.0221. The van der Waals surface area contributed by atoms with E-state index in [2.05, 4.69) is 19.2 Å². The van der Waals surface area contributed by atoms with Crippen LogP contribution in [0.5, 0.6) is 0 Å². The molecule has 5 atom stereocenters. The zero-order valence-corrected chi connectivity index (χ0v) is 15.0. The fourth-order valence-corrected chi connectivity index (χ4v) is 3.21. The number of esters is 1. The molecule has 0 bridgehead atoms. The minimum Gasteiger partial charge on any atom is -0.468 e. The van der Waals surface area contributed by atoms with Gasteiger partial charge in [-0.3, -0.25) is 10.1 Å². The number of hydrogen-bond donors (Lipinski definition) is 1. The fraction of sp³-hybridized carbons (Fsp3) is 0.632. The molecule has 25 heavy (non-hydrogen) atoms. The number of rotatable bonds is 8. The van der Waals surface area contributed by atoms with Gasteiger partial charge in [-0.05, 0) is 17.9 Å². The molecular formula is C19H27NO5. The molecule has 1 N–H and O–H groups in total. The third-order valence-electron chi connectivity index (χ3n) is 4.53. The number of benzene rings is 1. The number of fused-ring (bicyclic) bond motifs is 1. The van der Waals surface area contributed by atoms with Gasteiger partial charge in [0, 0.05) is 0 Å². The molecule has 2 aliphatic heterocycles. The normalized spacial score (nSPS) is 29.1. The average Bonchev–Trinajstić information content (AvgIpc) is 3.41. The first-order chi connectivity index (χ1) is 12.1. The molecule has 2 saturated heterocycles. The summed E-state index contributed by atoms with van der Waals surface area (Å²) >= 11 is 0. The first-order valence-corrected chi connectivity index (χ1v) is 8.85. The Bertz CT molecular complexity index is 564. The van der Waals surface area contributed by atoms with Gasteiger partial charge in [-0.15, -0.1) is 0 Å². The van der Waals surface area contributed by atoms with Crippen LogP contribution in [0.4, 0.5) is 0 Å². The number of carbonyl (C=O) groups excluding carboxylic acids is 1. The summed E-state index contributed by atoms with van der Waals surface area (Å²) in [4.78, 5) is 12.0. The maximum atomic E-state index is 12.0. The standard InChI is InChI=1S/C19H27NO5/c1-12(2)9-14(18(21)22-3)20-15-11-24-19(17-16(15)25-17)23-10-13-7-5-4-6-8-13/h4-8,12,14-17,19-20H,9-11H2,1-3H3/t14-,15+,16-,17-,19-/m0/s1. The van der Waals surface area contributed by atoms with E-state index in [1.54, 1.807) is 0 Å². The second-order valence-electron chi connectivity index (χ2n) is 7.04. The van der Waals surface area contributed by atoms with E-state index in [4.69, 9.17) is 18.9 Å². The average molecular weight is 349 g/mol. The van der Waals surface area contributed by atoms with Gasteiger partial charge in [0.1, 0.15) is 18.2 Å². The van der Waals surface area contributed by atoms with Crippen LogP contribution in [0.15, 0.2) is 30.3 Å². The Balaban J connectivity index is 1.49. The van der Waals surface area contributed by atoms with E-state index < -0.39 is 0 Å². The number of carbonyl (C=O) groups is 1. The molecule has 138 valence electrons. The number of epoxide rings is 1. The Morgan fingerprint density at radius 3 is 2.72 bits per heavy atom. The lowest BCUT2D eigenvalue weighted by Gasteiger charge is -2.29. The summed E-state index contributed by atoms with van der Waals surface area (Å²) < 4.78 is 22.3. The zero-order valence-electron chi connectivity index (χ0n) is 15.0. The predicted molar refractivity (Wildman–Crippen MR) is 91.8 cm³/mol. The Kier molecular flexibility index (Phi) is 6.06. The topological polar surface area (TPSA) is 69.3 Å². The van der Waals surface area contributed by atoms with E-state index >= 15 is 0 Å². The van der Waals surface area contributed by atoms with E-state index in [0.29, 0.717) is 25.6 Å². The van der Waals surface area contributed by atoms with Crippen LogP contribution >= 0.6 is 0 Å². The molecule has 0 radical (unpaired) electrons. The van der Waals surface area contributed by atoms with Crippen LogP contribution in [0.2, 0.25) is 0 Å². The monoisotopic (exact) mass is 349 g/mol. The molecule has 0 spiro atoms. The largest absolute Gasteiger partial charge is 0.468 e. The second-order valence-corrected chi connectivity index (χ2v) is 7.04. The van der Waals surface area contributed by atoms with Crippen LogP contribution in [0, 0.1) is 5.92 Å². The highest BCUT2D eigenvalue weighted by Crippen LogP contribution is 2.35. The Hall–Kier alpha value is -1.47. The summed E-state index contributed by atoms with van der Waals surface area (Å²) in [6.07, 6.45) is 0.306. The molecule has 2 fully saturated rings. The summed E-state index contributed by atoms with van der Waals surface area (Å²) in [5, 5.41) is 3.34. The fourth-order valence-electron chi connectivity index (χ4n) is 3.21. The van der Waals surface area contributed by atoms with Crippen molar-refractivity contribution < 1.29 is 23.7 Å². The van der Waals surface area contributed by atoms with Crippen LogP contribution in [0.1, 0.15) is 25.8 Å². The van der Waals surface area contributed by atoms with Crippen molar-refractivity contribution in [2.45, 2.75) is 57.5 Å². The molecule has 0 amide bonds. The van der Waals surface area contributed by atoms with Crippen molar-refractivity contribution in [3.05, 3.63) is 35.9 Å². The van der Waals surface area contributed by atoms with Gasteiger partial charge in [-0.2, -0.15) is 0 Å². The third kappa shape index (κ3) is 4.79. The van der Waals surface area contributed by atoms with Gasteiger partial charge < -0.3 is 18.9 Å². The summed E-state index contributed by atoms with van der Waals surface area (Å²) in [6, 6.07) is 9.62. The molecule has 0 aromatic heterocycles. The van der Waals surface area contributed by atoms with Gasteiger partial charge in [0.2, 0.25) is 0 Å². The first-order valence-electron chi connectivity index (χ1n) is 8.85. The Labute approximate surface area is 148 Å². The first kappa shape index (κ1) is 18.3. The molecule has 1 aromatic rings. The van der Waals surface area contributed by atoms with Crippen molar-refractivity contribution in [1.29, 1.82) is 0 Å². The van der Waals surface area contributed by atoms with Crippen molar-refractivity contribution in [1.82, 2.24) is 5.32 Å². The maximum absolute atomic E-state index is 12.0. The van der Waals surface area contributed by atoms with Crippen molar-refractivity contribution >= 4 is 5.97 Å². The molecule has 2 aliphatic rings. The molecule has 6 heteroatoms. The van der Waals surface area contributed by atoms with Crippen molar-refractivity contribution in [3.8, 4) is 0 Å². The van der Waals surface area contributed by atoms with Crippen molar-refractivity contribution in [2.24, 2.45) is 5.92 Å². The lowest BCUT2D eigenvalue weighted by molar-refractivity contribution is -0.171. The molecule has 3 rings (SSSR count). The quantitative estimate of drug-likeness (QED) is 0.571. The van der Waals surface area contributed by atoms with Gasteiger partial charge >= 0.3 is 5.97 Å². The van der Waals surface area contributed by atoms with Gasteiger partial charge in [0.25, 0.3) is 0 Å². The highest BCUT2D eigenvalue weighted by Gasteiger charge is 2.55. The molecule has 0 aliphatic carbocycles. The number of hydrogen-bond acceptors (Lipinski definition) is 6. The number of nitrogens with one attached hydrogen (secondary N) is 1. The summed E-state index contributed by atoms with van der Waals surface area (Å²) in [5.74, 6) is 0.146. The minimum atomic E-state index is -0.357. The predicted octanol–water partition coefficient (Wildman–Crippen LogP) is 1.87. The molecule has 2 heterocycles. The second kappa shape index (κ2) is 8.27. The van der Waals surface area contributed by atoms with E-state index in [9.17, 15) is 4.79 Å². The van der Waals surface area contributed by atoms with Crippen LogP contribution in [-0.2, 0) is 30.3 Å². The van der Waals surface area contributed by atoms with Gasteiger partial charge in [0.05, 0.1) is 26.4 Å². The van der Waals surface area contributed by atoms with Gasteiger partial charge in [0.15, 0.2) is 6.29 Å². The highest BCUT2D eigenvalue weighted by atomic mass is 16.7. The lowest BCUT2D eigenvalue weighted by atomic mass is 10.0. The smallest absolute Gasteiger partial charge is 0.322 e. The molecular weight excluding hydrogens is 322 g/mol. The molecule has 0 saturated carbocycles. The zero-order chi connectivity index (χ0) is 17.8. The van der Waals surface area contributed by atoms with E-state index in [1.807, 2.05) is 30.3 Å². The maximum Gasteiger partial charge on any atom is 0.322 e. The molecule has 6 nitrogen and oxygen atoms in total. The number of methoxy groups -OCH3 is 1. The van der Waals surface area contributed by atoms with E-state index in [-0.39, 0.29) is 36.6 Å². The lowest BCUT2D eigenvalue weighted by Crippen LogP contribution is -2.53. The van der Waals surface area contributed by atoms with Crippen molar-refractivity contribution in [3.63, 3.8) is 0 Å². The summed E-state index contributed by atoms with van der Waals surface area (Å²) in [6.45, 7) is 5.11. The SMILES string of the molecule is COC(=O)[C@H](CC(C)C)N[C@@H]1CO[C@H](OCc2ccccc2)[C@H]2O[C@H]21. The number of ether oxygens (including phenoxy) is 4. The highest BCUT2D eigenvalue weighted by molar-refractivity contribution is 5.75. The van der Waals surface area contributed by atoms with Crippen LogP contribution in [-0.4, -0.2) is 50.3 Å². The van der Waals surface area contributed by atoms with Crippen LogP contribution in [0.3, 0.4) is 0 Å². The summed E-state index contributed by atoms with van der Waals surface area (Å²) in [5.41, 5.74) is 1.10. The Morgan fingerprint density at radius 2 is 2.04 bits per heavy atom. The van der Waals surface area contributed by atoms with Crippen LogP contribution in [0.25, 0.3) is 0 Å². The van der Waals surface area contributed by atoms with E-state index in [1.165, 1.54) is 7.11 Å².